The minimum Gasteiger partial charge on any atom is -0.494 e. The molecule has 28 heteroatoms. The zero-order valence-corrected chi connectivity index (χ0v) is 65.2. The number of piperazine rings is 2. The van der Waals surface area contributed by atoms with Gasteiger partial charge in [0.25, 0.3) is 25.8 Å². The van der Waals surface area contributed by atoms with E-state index in [1.807, 2.05) is 84.1 Å². The zero-order valence-electron chi connectivity index (χ0n) is 62.0. The topological polar surface area (TPSA) is 248 Å². The number of anilines is 2. The number of likely N-dealkylation sites (N-methyl/N-ethyl adjacent to an activating group) is 1. The first-order valence-corrected chi connectivity index (χ1v) is 41.8. The Kier molecular flexibility index (Phi) is 26.6. The monoisotopic (exact) mass is 1550 g/mol. The molecule has 6 unspecified atom stereocenters. The predicted molar refractivity (Wildman–Crippen MR) is 410 cm³/mol. The van der Waals surface area contributed by atoms with Crippen LogP contribution in [0.1, 0.15) is 151 Å². The lowest BCUT2D eigenvalue weighted by Crippen LogP contribution is -2.58. The number of thioether (sulfide) groups is 1. The van der Waals surface area contributed by atoms with Gasteiger partial charge in [0.2, 0.25) is 23.6 Å². The number of carbonyl (C=O) groups is 5. The Morgan fingerprint density at radius 1 is 0.785 bits per heavy atom. The van der Waals surface area contributed by atoms with Crippen LogP contribution in [0, 0.1) is 10.8 Å². The number of hydrogen-bond acceptors (Lipinski definition) is 17. The number of nitrogens with one attached hydrogen (secondary N) is 5. The average molecular weight is 1560 g/mol. The number of fused-ring (bicyclic) bond motifs is 2. The molecule has 4 aliphatic heterocycles. The average Bonchev–Trinajstić information content (AvgIpc) is 1.71. The van der Waals surface area contributed by atoms with Gasteiger partial charge in [-0.05, 0) is 190 Å². The Morgan fingerprint density at radius 3 is 2.21 bits per heavy atom. The third-order valence-electron chi connectivity index (χ3n) is 21.8. The lowest BCUT2D eigenvalue weighted by molar-refractivity contribution is -0.150. The molecule has 0 aromatic heterocycles. The van der Waals surface area contributed by atoms with Crippen molar-refractivity contribution in [1.29, 1.82) is 0 Å². The van der Waals surface area contributed by atoms with Gasteiger partial charge in [-0.3, -0.25) is 33.8 Å². The predicted octanol–water partition coefficient (Wildman–Crippen LogP) is 11.6. The van der Waals surface area contributed by atoms with E-state index in [0.29, 0.717) is 95.6 Å². The van der Waals surface area contributed by atoms with E-state index in [2.05, 4.69) is 61.9 Å². The van der Waals surface area contributed by atoms with Gasteiger partial charge in [-0.2, -0.15) is 13.2 Å². The first-order chi connectivity index (χ1) is 50.9. The number of aryl methyl sites for hydroxylation is 1. The largest absolute Gasteiger partial charge is 0.501 e. The minimum atomic E-state index is -6.16. The summed E-state index contributed by atoms with van der Waals surface area (Å²) in [7, 11) is -9.42. The fourth-order valence-corrected chi connectivity index (χ4v) is 18.7. The number of allylic oxidation sites excluding steroid dienone is 1. The fourth-order valence-electron chi connectivity index (χ4n) is 15.5. The maximum atomic E-state index is 14.6. The van der Waals surface area contributed by atoms with Crippen molar-refractivity contribution < 1.29 is 63.5 Å². The molecule has 11 rings (SSSR count). The lowest BCUT2D eigenvalue weighted by atomic mass is 9.73. The van der Waals surface area contributed by atoms with Crippen molar-refractivity contribution in [2.45, 2.75) is 181 Å². The van der Waals surface area contributed by atoms with Gasteiger partial charge in [-0.25, -0.2) is 21.6 Å². The highest BCUT2D eigenvalue weighted by Gasteiger charge is 2.55. The number of benzene rings is 5. The summed E-state index contributed by atoms with van der Waals surface area (Å²) in [5.41, 5.74) is 0.261. The number of unbranched alkanes of at least 4 members (excludes halogenated alkanes) is 3. The van der Waals surface area contributed by atoms with E-state index in [9.17, 15) is 54.0 Å². The molecule has 6 aliphatic rings. The Labute approximate surface area is 637 Å². The number of hydrogen-bond donors (Lipinski definition) is 5. The Morgan fingerprint density at radius 2 is 1.50 bits per heavy atom. The van der Waals surface area contributed by atoms with Gasteiger partial charge in [0, 0.05) is 111 Å². The second kappa shape index (κ2) is 35.2. The second-order valence-corrected chi connectivity index (χ2v) is 35.7. The molecule has 6 atom stereocenters. The molecule has 580 valence electrons. The third-order valence-corrected chi connectivity index (χ3v) is 26.1. The molecule has 107 heavy (non-hydrogen) atoms. The molecule has 0 spiro atoms. The molecule has 4 saturated heterocycles. The Hall–Kier alpha value is -7.24. The Balaban J connectivity index is 0.630. The fraction of sp³-hybridized carbons (Fsp3) is 0.532. The van der Waals surface area contributed by atoms with Crippen molar-refractivity contribution in [2.75, 3.05) is 102 Å². The maximum Gasteiger partial charge on any atom is 0.501 e. The first-order valence-electron chi connectivity index (χ1n) is 37.4. The molecule has 5 aromatic rings. The van der Waals surface area contributed by atoms with Crippen molar-refractivity contribution >= 4 is 89.7 Å². The summed E-state index contributed by atoms with van der Waals surface area (Å²) in [6.45, 7) is 17.4. The number of amides is 5. The molecular weight excluding hydrogens is 1450 g/mol. The van der Waals surface area contributed by atoms with E-state index in [1.54, 1.807) is 31.0 Å². The number of carbonyl (C=O) groups excluding carboxylic acids is 5. The molecular formula is C79H102ClF3N10O11S3. The molecule has 5 N–H and O–H groups in total. The van der Waals surface area contributed by atoms with Crippen LogP contribution >= 0.6 is 23.4 Å². The third kappa shape index (κ3) is 20.4. The van der Waals surface area contributed by atoms with Gasteiger partial charge in [-0.1, -0.05) is 94.1 Å². The molecule has 0 saturated carbocycles. The highest BCUT2D eigenvalue weighted by Crippen LogP contribution is 2.46. The van der Waals surface area contributed by atoms with Crippen molar-refractivity contribution in [2.24, 2.45) is 10.8 Å². The van der Waals surface area contributed by atoms with E-state index < -0.39 is 82.6 Å². The van der Waals surface area contributed by atoms with Crippen LogP contribution in [0.4, 0.5) is 24.5 Å². The van der Waals surface area contributed by atoms with E-state index >= 15 is 0 Å². The van der Waals surface area contributed by atoms with Gasteiger partial charge < -0.3 is 45.4 Å². The summed E-state index contributed by atoms with van der Waals surface area (Å²) in [6.07, 6.45) is 9.65. The number of alkyl halides is 3. The number of nitrogens with zero attached hydrogens (tertiary/aromatic N) is 5. The van der Waals surface area contributed by atoms with Crippen LogP contribution in [0.5, 0.6) is 5.75 Å². The number of ether oxygens (including phenoxy) is 2. The molecule has 0 bridgehead atoms. The van der Waals surface area contributed by atoms with Crippen LogP contribution in [-0.2, 0) is 50.2 Å². The highest BCUT2D eigenvalue weighted by atomic mass is 35.5. The SMILES string of the molecule is CNC(C)C(=O)NC1CCOC2CC(C)(C)C(C(=O)NC3CCCc4cc(OCCCCCCC(=O)N5CCN(CCC(CSc6ccccc6)Nc6ccc(S(=O)(=O)NC(=O)c7ccc(N8CCN(CC9=C(c%10ccc(Cl)cc%10)CCC(C)(C)C9)CC8)cc7)cc6S(=O)(=O)C(F)(F)F)CC5)ccc43)N2C1=O. The van der Waals surface area contributed by atoms with Crippen LogP contribution in [0.3, 0.4) is 0 Å². The van der Waals surface area contributed by atoms with Crippen LogP contribution in [0.2, 0.25) is 5.02 Å². The van der Waals surface area contributed by atoms with Crippen LogP contribution in [-0.4, -0.2) is 193 Å². The molecule has 4 heterocycles. The van der Waals surface area contributed by atoms with Crippen molar-refractivity contribution in [1.82, 2.24) is 40.3 Å². The molecule has 5 amide bonds. The van der Waals surface area contributed by atoms with Crippen LogP contribution in [0.15, 0.2) is 136 Å². The molecule has 0 radical (unpaired) electrons. The minimum absolute atomic E-state index is 0.0299. The number of rotatable bonds is 29. The lowest BCUT2D eigenvalue weighted by Gasteiger charge is -2.39. The first kappa shape index (κ1) is 80.8. The second-order valence-electron chi connectivity index (χ2n) is 30.6. The Bertz CT molecular complexity index is 4240. The molecule has 2 aliphatic carbocycles. The number of sulfone groups is 1. The summed E-state index contributed by atoms with van der Waals surface area (Å²) in [4.78, 5) is 77.2. The smallest absolute Gasteiger partial charge is 0.494 e. The molecule has 4 fully saturated rings. The number of halogens is 4. The zero-order chi connectivity index (χ0) is 76.4. The highest BCUT2D eigenvalue weighted by molar-refractivity contribution is 7.99. The van der Waals surface area contributed by atoms with Gasteiger partial charge in [0.05, 0.1) is 35.9 Å². The summed E-state index contributed by atoms with van der Waals surface area (Å²) in [5.74, 6) is -0.847. The van der Waals surface area contributed by atoms with Gasteiger partial charge in [-0.15, -0.1) is 11.8 Å². The summed E-state index contributed by atoms with van der Waals surface area (Å²) in [6, 6.07) is 29.1. The molecule has 21 nitrogen and oxygen atoms in total. The van der Waals surface area contributed by atoms with Crippen molar-refractivity contribution in [3.8, 4) is 5.75 Å². The van der Waals surface area contributed by atoms with Crippen molar-refractivity contribution in [3.63, 3.8) is 0 Å². The van der Waals surface area contributed by atoms with E-state index in [1.165, 1.54) is 40.6 Å². The van der Waals surface area contributed by atoms with Gasteiger partial charge >= 0.3 is 5.51 Å². The summed E-state index contributed by atoms with van der Waals surface area (Å²) >= 11 is 7.65. The summed E-state index contributed by atoms with van der Waals surface area (Å²) < 4.78 is 113. The summed E-state index contributed by atoms with van der Waals surface area (Å²) in [5, 5.41) is 12.8. The normalized spacial score (nSPS) is 21.4. The van der Waals surface area contributed by atoms with Gasteiger partial charge in [0.1, 0.15) is 29.0 Å². The van der Waals surface area contributed by atoms with Crippen LogP contribution < -0.4 is 35.6 Å². The van der Waals surface area contributed by atoms with Gasteiger partial charge in [0.15, 0.2) is 0 Å². The molecule has 5 aromatic carbocycles. The van der Waals surface area contributed by atoms with E-state index in [0.717, 1.165) is 117 Å². The quantitative estimate of drug-likeness (QED) is 0.0220. The van der Waals surface area contributed by atoms with E-state index in [-0.39, 0.29) is 53.0 Å². The van der Waals surface area contributed by atoms with Crippen LogP contribution in [0.25, 0.3) is 5.57 Å². The standard InChI is InChI=1S/C79H102ClF3N10O11S3/c1-53(84-6)73(95)87-68-34-46-104-71-50-78(4,5)72(93(71)76(68)98)75(97)86-66-18-14-15-56-47-61(28-30-65(56)66)103-45-13-8-7-12-19-70(94)92-43-37-89(38-44-92)36-33-59(52-105-62-16-10-9-11-17-62)85-67-31-29-63(48-69(67)106(99,100)79(81,82)83)107(101,102)88-74(96)55-22-26-60(27-23-55)91-41-39-90(40-42-91)51-57-49-77(2,3)35-32-64(57)54-20-24-58(80)25-21-54/h9-11,16-17,20-31,47-48,53,59,66,68,71-72,84-85H,7-8,12-15,18-19,32-46,49-52H2,1-6H3,(H,86,97)(H,87,95)(H,88,96). The number of sulfonamides is 1. The maximum absolute atomic E-state index is 14.6. The van der Waals surface area contributed by atoms with E-state index in [4.69, 9.17) is 21.1 Å². The van der Waals surface area contributed by atoms with Crippen molar-refractivity contribution in [3.05, 3.63) is 148 Å².